The summed E-state index contributed by atoms with van der Waals surface area (Å²) in [6.07, 6.45) is 2.34. The first-order valence-electron chi connectivity index (χ1n) is 9.83. The molecule has 10 heteroatoms. The molecule has 0 aliphatic carbocycles. The maximum atomic E-state index is 12.4. The van der Waals surface area contributed by atoms with E-state index in [1.165, 1.54) is 18.9 Å². The molecule has 10 nitrogen and oxygen atoms in total. The molecule has 0 bridgehead atoms. The van der Waals surface area contributed by atoms with Crippen LogP contribution in [-0.2, 0) is 9.53 Å². The van der Waals surface area contributed by atoms with Gasteiger partial charge in [0.05, 0.1) is 11.0 Å². The number of hydrogen-bond donors (Lipinski definition) is 1. The third-order valence-electron chi connectivity index (χ3n) is 5.20. The van der Waals surface area contributed by atoms with E-state index in [2.05, 4.69) is 10.2 Å². The van der Waals surface area contributed by atoms with Gasteiger partial charge in [-0.25, -0.2) is 4.79 Å². The van der Waals surface area contributed by atoms with Gasteiger partial charge in [0.2, 0.25) is 6.79 Å². The van der Waals surface area contributed by atoms with Crippen LogP contribution in [0.3, 0.4) is 0 Å². The van der Waals surface area contributed by atoms with Crippen LogP contribution in [0.4, 0.5) is 17.1 Å². The molecule has 2 heterocycles. The second kappa shape index (κ2) is 8.50. The minimum atomic E-state index is -0.999. The highest BCUT2D eigenvalue weighted by Gasteiger charge is 2.28. The van der Waals surface area contributed by atoms with Crippen molar-refractivity contribution in [3.05, 3.63) is 51.6 Å². The summed E-state index contributed by atoms with van der Waals surface area (Å²) >= 11 is 0. The molecule has 2 aliphatic heterocycles. The highest BCUT2D eigenvalue weighted by atomic mass is 16.7. The van der Waals surface area contributed by atoms with Gasteiger partial charge in [0.25, 0.3) is 11.6 Å². The van der Waals surface area contributed by atoms with Gasteiger partial charge in [0.1, 0.15) is 5.56 Å². The minimum Gasteiger partial charge on any atom is -0.454 e. The summed E-state index contributed by atoms with van der Waals surface area (Å²) < 4.78 is 15.2. The second-order valence-electron chi connectivity index (χ2n) is 7.30. The zero-order valence-electron chi connectivity index (χ0n) is 16.9. The Morgan fingerprint density at radius 3 is 2.55 bits per heavy atom. The first-order chi connectivity index (χ1) is 14.9. The standard InChI is InChI=1S/C21H21N3O7/c1-13-8-14(23-6-2-3-7-23)4-5-16(13)22-20(25)11-29-21(26)15-9-18-19(31-12-30-18)10-17(15)24(27)28/h4-5,8-10H,2-3,6-7,11-12H2,1H3,(H,22,25). The Balaban J connectivity index is 1.39. The first-order valence-corrected chi connectivity index (χ1v) is 9.83. The fraction of sp³-hybridized carbons (Fsp3) is 0.333. The number of ether oxygens (including phenoxy) is 3. The molecule has 0 aromatic heterocycles. The number of amides is 1. The molecule has 2 aromatic rings. The molecule has 0 saturated carbocycles. The van der Waals surface area contributed by atoms with Crippen LogP contribution in [0.1, 0.15) is 28.8 Å². The topological polar surface area (TPSA) is 120 Å². The molecule has 162 valence electrons. The monoisotopic (exact) mass is 427 g/mol. The quantitative estimate of drug-likeness (QED) is 0.424. The lowest BCUT2D eigenvalue weighted by Crippen LogP contribution is -2.22. The molecule has 1 saturated heterocycles. The lowest BCUT2D eigenvalue weighted by molar-refractivity contribution is -0.385. The Labute approximate surface area is 177 Å². The molecular weight excluding hydrogens is 406 g/mol. The van der Waals surface area contributed by atoms with Gasteiger partial charge in [-0.15, -0.1) is 0 Å². The van der Waals surface area contributed by atoms with Crippen molar-refractivity contribution in [3.63, 3.8) is 0 Å². The highest BCUT2D eigenvalue weighted by Crippen LogP contribution is 2.38. The van der Waals surface area contributed by atoms with Crippen LogP contribution in [0.2, 0.25) is 0 Å². The van der Waals surface area contributed by atoms with Crippen LogP contribution in [0.5, 0.6) is 11.5 Å². The summed E-state index contributed by atoms with van der Waals surface area (Å²) in [6, 6.07) is 8.04. The van der Waals surface area contributed by atoms with Crippen LogP contribution >= 0.6 is 0 Å². The van der Waals surface area contributed by atoms with Crippen molar-refractivity contribution in [1.29, 1.82) is 0 Å². The van der Waals surface area contributed by atoms with Gasteiger partial charge >= 0.3 is 5.97 Å². The number of hydrogen-bond acceptors (Lipinski definition) is 8. The van der Waals surface area contributed by atoms with Crippen LogP contribution in [0.15, 0.2) is 30.3 Å². The SMILES string of the molecule is Cc1cc(N2CCCC2)ccc1NC(=O)COC(=O)c1cc2c(cc1[N+](=O)[O-])OCO2. The normalized spacial score (nSPS) is 14.4. The Hall–Kier alpha value is -3.82. The number of nitrogens with zero attached hydrogens (tertiary/aromatic N) is 2. The molecule has 0 spiro atoms. The number of benzene rings is 2. The molecule has 2 aromatic carbocycles. The smallest absolute Gasteiger partial charge is 0.345 e. The van der Waals surface area contributed by atoms with Gasteiger partial charge in [-0.05, 0) is 43.5 Å². The second-order valence-corrected chi connectivity index (χ2v) is 7.30. The van der Waals surface area contributed by atoms with Crippen LogP contribution < -0.4 is 19.7 Å². The molecule has 4 rings (SSSR count). The summed E-state index contributed by atoms with van der Waals surface area (Å²) in [5, 5.41) is 14.0. The van der Waals surface area contributed by atoms with Crippen molar-refractivity contribution in [3.8, 4) is 11.5 Å². The number of esters is 1. The molecule has 0 atom stereocenters. The minimum absolute atomic E-state index is 0.0940. The molecule has 1 N–H and O–H groups in total. The summed E-state index contributed by atoms with van der Waals surface area (Å²) in [6.45, 7) is 3.25. The fourth-order valence-electron chi connectivity index (χ4n) is 3.60. The van der Waals surface area contributed by atoms with E-state index >= 15 is 0 Å². The van der Waals surface area contributed by atoms with E-state index in [1.807, 2.05) is 25.1 Å². The molecular formula is C21H21N3O7. The van der Waals surface area contributed by atoms with E-state index in [9.17, 15) is 19.7 Å². The summed E-state index contributed by atoms with van der Waals surface area (Å²) in [4.78, 5) is 37.5. The summed E-state index contributed by atoms with van der Waals surface area (Å²) in [7, 11) is 0. The number of carbonyl (C=O) groups is 2. The Morgan fingerprint density at radius 1 is 1.16 bits per heavy atom. The number of nitro benzene ring substituents is 1. The van der Waals surface area contributed by atoms with Crippen molar-refractivity contribution < 1.29 is 28.7 Å². The van der Waals surface area contributed by atoms with Gasteiger partial charge in [-0.3, -0.25) is 14.9 Å². The fourth-order valence-corrected chi connectivity index (χ4v) is 3.60. The number of anilines is 2. The maximum absolute atomic E-state index is 12.4. The van der Waals surface area contributed by atoms with E-state index in [4.69, 9.17) is 14.2 Å². The Kier molecular flexibility index (Phi) is 5.61. The number of fused-ring (bicyclic) bond motifs is 1. The van der Waals surface area contributed by atoms with Crippen molar-refractivity contribution in [2.45, 2.75) is 19.8 Å². The molecule has 1 fully saturated rings. The lowest BCUT2D eigenvalue weighted by atomic mass is 10.1. The van der Waals surface area contributed by atoms with Gasteiger partial charge in [0.15, 0.2) is 18.1 Å². The van der Waals surface area contributed by atoms with E-state index < -0.39 is 29.1 Å². The number of nitro groups is 1. The molecule has 1 amide bonds. The van der Waals surface area contributed by atoms with Crippen molar-refractivity contribution >= 4 is 28.9 Å². The first kappa shape index (κ1) is 20.5. The van der Waals surface area contributed by atoms with Crippen LogP contribution in [-0.4, -0.2) is 43.3 Å². The van der Waals surface area contributed by atoms with E-state index in [0.29, 0.717) is 5.69 Å². The summed E-state index contributed by atoms with van der Waals surface area (Å²) in [5.41, 5.74) is 1.80. The maximum Gasteiger partial charge on any atom is 0.345 e. The Morgan fingerprint density at radius 2 is 1.87 bits per heavy atom. The van der Waals surface area contributed by atoms with Crippen LogP contribution in [0.25, 0.3) is 0 Å². The van der Waals surface area contributed by atoms with Gasteiger partial charge in [-0.1, -0.05) is 0 Å². The highest BCUT2D eigenvalue weighted by molar-refractivity contribution is 5.98. The summed E-state index contributed by atoms with van der Waals surface area (Å²) in [5.74, 6) is -1.17. The predicted molar refractivity (Wildman–Crippen MR) is 111 cm³/mol. The Bertz CT molecular complexity index is 1050. The zero-order chi connectivity index (χ0) is 22.0. The van der Waals surface area contributed by atoms with E-state index in [0.717, 1.165) is 30.4 Å². The average molecular weight is 427 g/mol. The van der Waals surface area contributed by atoms with Crippen molar-refractivity contribution in [2.24, 2.45) is 0 Å². The van der Waals surface area contributed by atoms with Gasteiger partial charge < -0.3 is 24.4 Å². The molecule has 0 radical (unpaired) electrons. The number of carbonyl (C=O) groups excluding carboxylic acids is 2. The number of aryl methyl sites for hydroxylation is 1. The average Bonchev–Trinajstić information content (AvgIpc) is 3.44. The predicted octanol–water partition coefficient (Wildman–Crippen LogP) is 3.03. The largest absolute Gasteiger partial charge is 0.454 e. The molecule has 0 unspecified atom stereocenters. The molecule has 31 heavy (non-hydrogen) atoms. The van der Waals surface area contributed by atoms with Crippen LogP contribution in [0, 0.1) is 17.0 Å². The lowest BCUT2D eigenvalue weighted by Gasteiger charge is -2.19. The third kappa shape index (κ3) is 4.37. The molecule has 2 aliphatic rings. The van der Waals surface area contributed by atoms with Crippen molar-refractivity contribution in [2.75, 3.05) is 36.7 Å². The third-order valence-corrected chi connectivity index (χ3v) is 5.20. The van der Waals surface area contributed by atoms with Gasteiger partial charge in [-0.2, -0.15) is 0 Å². The zero-order valence-corrected chi connectivity index (χ0v) is 16.9. The number of nitrogens with one attached hydrogen (secondary N) is 1. The van der Waals surface area contributed by atoms with Crippen molar-refractivity contribution in [1.82, 2.24) is 0 Å². The van der Waals surface area contributed by atoms with Gasteiger partial charge in [0, 0.05) is 30.5 Å². The van der Waals surface area contributed by atoms with E-state index in [1.54, 1.807) is 0 Å². The van der Waals surface area contributed by atoms with E-state index in [-0.39, 0.29) is 23.9 Å². The number of rotatable bonds is 6.